The fourth-order valence-electron chi connectivity index (χ4n) is 1.67. The minimum atomic E-state index is 0.470. The van der Waals surface area contributed by atoms with E-state index in [1.165, 1.54) is 11.1 Å². The Morgan fingerprint density at radius 1 is 1.27 bits per heavy atom. The second kappa shape index (κ2) is 4.07. The van der Waals surface area contributed by atoms with Crippen molar-refractivity contribution in [1.29, 1.82) is 0 Å². The fourth-order valence-corrected chi connectivity index (χ4v) is 1.81. The van der Waals surface area contributed by atoms with E-state index in [-0.39, 0.29) is 0 Å². The molecule has 0 atom stereocenters. The maximum Gasteiger partial charge on any atom is 0.0926 e. The predicted octanol–water partition coefficient (Wildman–Crippen LogP) is 3.43. The van der Waals surface area contributed by atoms with Gasteiger partial charge in [-0.2, -0.15) is 5.10 Å². The van der Waals surface area contributed by atoms with Crippen molar-refractivity contribution in [3.8, 4) is 11.3 Å². The molecule has 0 amide bonds. The van der Waals surface area contributed by atoms with Gasteiger partial charge in [-0.25, -0.2) is 0 Å². The monoisotopic (exact) mass is 220 g/mol. The van der Waals surface area contributed by atoms with E-state index in [4.69, 9.17) is 11.6 Å². The van der Waals surface area contributed by atoms with Gasteiger partial charge in [-0.15, -0.1) is 11.6 Å². The Labute approximate surface area is 94.3 Å². The van der Waals surface area contributed by atoms with Crippen LogP contribution in [0.2, 0.25) is 0 Å². The second-order valence-electron chi connectivity index (χ2n) is 3.73. The second-order valence-corrected chi connectivity index (χ2v) is 4.00. The molecule has 78 valence electrons. The largest absolute Gasteiger partial charge is 0.281 e. The van der Waals surface area contributed by atoms with Gasteiger partial charge >= 0.3 is 0 Å². The van der Waals surface area contributed by atoms with Crippen molar-refractivity contribution < 1.29 is 0 Å². The van der Waals surface area contributed by atoms with Crippen LogP contribution >= 0.6 is 11.6 Å². The lowest BCUT2D eigenvalue weighted by Crippen LogP contribution is -1.84. The molecule has 0 saturated carbocycles. The van der Waals surface area contributed by atoms with Gasteiger partial charge in [0.15, 0.2) is 0 Å². The number of aromatic nitrogens is 2. The Morgan fingerprint density at radius 3 is 2.67 bits per heavy atom. The van der Waals surface area contributed by atoms with E-state index in [1.54, 1.807) is 0 Å². The van der Waals surface area contributed by atoms with Gasteiger partial charge in [0.25, 0.3) is 0 Å². The summed E-state index contributed by atoms with van der Waals surface area (Å²) in [5.74, 6) is 0.470. The summed E-state index contributed by atoms with van der Waals surface area (Å²) >= 11 is 5.72. The van der Waals surface area contributed by atoms with Crippen LogP contribution in [0, 0.1) is 13.8 Å². The molecule has 0 aliphatic rings. The fraction of sp³-hybridized carbons (Fsp3) is 0.250. The Balaban J connectivity index is 2.44. The number of alkyl halides is 1. The van der Waals surface area contributed by atoms with Gasteiger partial charge in [0, 0.05) is 5.56 Å². The number of halogens is 1. The molecule has 0 fully saturated rings. The van der Waals surface area contributed by atoms with Crippen molar-refractivity contribution >= 4 is 11.6 Å². The van der Waals surface area contributed by atoms with Crippen LogP contribution in [-0.4, -0.2) is 10.2 Å². The maximum atomic E-state index is 5.72. The summed E-state index contributed by atoms with van der Waals surface area (Å²) in [6, 6.07) is 8.34. The summed E-state index contributed by atoms with van der Waals surface area (Å²) in [4.78, 5) is 0. The average molecular weight is 221 g/mol. The zero-order valence-corrected chi connectivity index (χ0v) is 9.60. The lowest BCUT2D eigenvalue weighted by Gasteiger charge is -2.02. The van der Waals surface area contributed by atoms with Crippen LogP contribution in [0.1, 0.15) is 16.8 Å². The molecule has 0 bridgehead atoms. The topological polar surface area (TPSA) is 28.7 Å². The molecule has 15 heavy (non-hydrogen) atoms. The van der Waals surface area contributed by atoms with Gasteiger partial charge in [0.05, 0.1) is 17.3 Å². The SMILES string of the molecule is Cc1ccc(-c2cc(CCl)[nH]n2)c(C)c1. The number of hydrogen-bond acceptors (Lipinski definition) is 1. The van der Waals surface area contributed by atoms with Crippen LogP contribution in [0.15, 0.2) is 24.3 Å². The van der Waals surface area contributed by atoms with Crippen molar-refractivity contribution in [2.75, 3.05) is 0 Å². The van der Waals surface area contributed by atoms with Gasteiger partial charge in [-0.1, -0.05) is 23.8 Å². The first kappa shape index (κ1) is 10.2. The Kier molecular flexibility index (Phi) is 2.78. The van der Waals surface area contributed by atoms with Crippen LogP contribution in [-0.2, 0) is 5.88 Å². The number of rotatable bonds is 2. The number of H-pyrrole nitrogens is 1. The zero-order valence-electron chi connectivity index (χ0n) is 8.84. The zero-order chi connectivity index (χ0) is 10.8. The highest BCUT2D eigenvalue weighted by atomic mass is 35.5. The summed E-state index contributed by atoms with van der Waals surface area (Å²) in [6.45, 7) is 4.18. The number of nitrogens with zero attached hydrogens (tertiary/aromatic N) is 1. The predicted molar refractivity (Wildman–Crippen MR) is 63.1 cm³/mol. The van der Waals surface area contributed by atoms with Crippen molar-refractivity contribution in [3.05, 3.63) is 41.1 Å². The number of aromatic amines is 1. The highest BCUT2D eigenvalue weighted by Gasteiger charge is 2.05. The summed E-state index contributed by atoms with van der Waals surface area (Å²) in [6.07, 6.45) is 0. The van der Waals surface area contributed by atoms with E-state index in [0.717, 1.165) is 17.0 Å². The first-order valence-electron chi connectivity index (χ1n) is 4.88. The van der Waals surface area contributed by atoms with Gasteiger partial charge in [-0.05, 0) is 25.5 Å². The Hall–Kier alpha value is -1.28. The molecule has 1 aromatic heterocycles. The number of aryl methyl sites for hydroxylation is 2. The molecule has 2 aromatic rings. The molecule has 1 heterocycles. The molecular formula is C12H13ClN2. The van der Waals surface area contributed by atoms with E-state index in [2.05, 4.69) is 42.2 Å². The smallest absolute Gasteiger partial charge is 0.0926 e. The van der Waals surface area contributed by atoms with Gasteiger partial charge in [0.2, 0.25) is 0 Å². The van der Waals surface area contributed by atoms with Crippen molar-refractivity contribution in [2.45, 2.75) is 19.7 Å². The third-order valence-electron chi connectivity index (χ3n) is 2.43. The van der Waals surface area contributed by atoms with E-state index < -0.39 is 0 Å². The summed E-state index contributed by atoms with van der Waals surface area (Å²) < 4.78 is 0. The molecule has 2 rings (SSSR count). The van der Waals surface area contributed by atoms with Crippen LogP contribution in [0.4, 0.5) is 0 Å². The number of hydrogen-bond donors (Lipinski definition) is 1. The molecule has 0 radical (unpaired) electrons. The number of benzene rings is 1. The molecule has 3 heteroatoms. The highest BCUT2D eigenvalue weighted by Crippen LogP contribution is 2.23. The third-order valence-corrected chi connectivity index (χ3v) is 2.72. The van der Waals surface area contributed by atoms with Crippen LogP contribution in [0.25, 0.3) is 11.3 Å². The molecule has 0 unspecified atom stereocenters. The Morgan fingerprint density at radius 2 is 2.07 bits per heavy atom. The minimum Gasteiger partial charge on any atom is -0.281 e. The lowest BCUT2D eigenvalue weighted by atomic mass is 10.0. The highest BCUT2D eigenvalue weighted by molar-refractivity contribution is 6.16. The van der Waals surface area contributed by atoms with Gasteiger partial charge in [-0.3, -0.25) is 5.10 Å². The Bertz CT molecular complexity index is 474. The molecule has 1 N–H and O–H groups in total. The summed E-state index contributed by atoms with van der Waals surface area (Å²) in [5.41, 5.74) is 5.58. The summed E-state index contributed by atoms with van der Waals surface area (Å²) in [7, 11) is 0. The summed E-state index contributed by atoms with van der Waals surface area (Å²) in [5, 5.41) is 7.15. The molecule has 2 nitrogen and oxygen atoms in total. The van der Waals surface area contributed by atoms with Crippen molar-refractivity contribution in [2.24, 2.45) is 0 Å². The molecular weight excluding hydrogens is 208 g/mol. The van der Waals surface area contributed by atoms with E-state index in [1.807, 2.05) is 6.07 Å². The molecule has 0 aliphatic carbocycles. The van der Waals surface area contributed by atoms with Crippen LogP contribution < -0.4 is 0 Å². The normalized spacial score (nSPS) is 10.6. The third kappa shape index (κ3) is 2.05. The first-order valence-corrected chi connectivity index (χ1v) is 5.42. The van der Waals surface area contributed by atoms with E-state index in [0.29, 0.717) is 5.88 Å². The van der Waals surface area contributed by atoms with Crippen LogP contribution in [0.3, 0.4) is 0 Å². The van der Waals surface area contributed by atoms with E-state index >= 15 is 0 Å². The molecule has 1 aromatic carbocycles. The van der Waals surface area contributed by atoms with Crippen LogP contribution in [0.5, 0.6) is 0 Å². The molecule has 0 saturated heterocycles. The minimum absolute atomic E-state index is 0.470. The lowest BCUT2D eigenvalue weighted by molar-refractivity contribution is 1.04. The first-order chi connectivity index (χ1) is 7.20. The maximum absolute atomic E-state index is 5.72. The quantitative estimate of drug-likeness (QED) is 0.772. The van der Waals surface area contributed by atoms with Crippen molar-refractivity contribution in [1.82, 2.24) is 10.2 Å². The van der Waals surface area contributed by atoms with Gasteiger partial charge < -0.3 is 0 Å². The molecule has 0 spiro atoms. The average Bonchev–Trinajstić information content (AvgIpc) is 2.66. The van der Waals surface area contributed by atoms with Crippen molar-refractivity contribution in [3.63, 3.8) is 0 Å². The molecule has 0 aliphatic heterocycles. The van der Waals surface area contributed by atoms with Gasteiger partial charge in [0.1, 0.15) is 0 Å². The number of nitrogens with one attached hydrogen (secondary N) is 1. The standard InChI is InChI=1S/C12H13ClN2/c1-8-3-4-11(9(2)5-8)12-6-10(7-13)14-15-12/h3-6H,7H2,1-2H3,(H,14,15). The van der Waals surface area contributed by atoms with E-state index in [9.17, 15) is 0 Å².